The first kappa shape index (κ1) is 23.7. The van der Waals surface area contributed by atoms with Crippen molar-refractivity contribution in [2.24, 2.45) is 4.99 Å². The number of hydrogen-bond donors (Lipinski definition) is 1. The number of rotatable bonds is 4. The maximum atomic E-state index is 14.2. The van der Waals surface area contributed by atoms with E-state index in [1.54, 1.807) is 14.2 Å². The molecule has 0 saturated carbocycles. The van der Waals surface area contributed by atoms with Gasteiger partial charge in [-0.2, -0.15) is 0 Å². The first-order valence-electron chi connectivity index (χ1n) is 13.0. The molecule has 39 heavy (non-hydrogen) atoms. The highest BCUT2D eigenvalue weighted by atomic mass is 32.1. The van der Waals surface area contributed by atoms with Gasteiger partial charge in [-0.15, -0.1) is 0 Å². The fourth-order valence-corrected chi connectivity index (χ4v) is 6.94. The normalized spacial score (nSPS) is 16.5. The average Bonchev–Trinajstić information content (AvgIpc) is 3.46. The minimum atomic E-state index is -0.282. The lowest BCUT2D eigenvalue weighted by Crippen LogP contribution is -2.38. The number of aromatic nitrogens is 2. The Labute approximate surface area is 229 Å². The molecule has 3 heterocycles. The third kappa shape index (κ3) is 3.68. The van der Waals surface area contributed by atoms with Crippen LogP contribution in [0.4, 0.5) is 0 Å². The second kappa shape index (κ2) is 9.13. The summed E-state index contributed by atoms with van der Waals surface area (Å²) in [5.41, 5.74) is 8.65. The third-order valence-corrected chi connectivity index (χ3v) is 8.80. The van der Waals surface area contributed by atoms with Crippen molar-refractivity contribution in [3.8, 4) is 11.5 Å². The van der Waals surface area contributed by atoms with Crippen molar-refractivity contribution in [2.45, 2.75) is 25.8 Å². The predicted molar refractivity (Wildman–Crippen MR) is 155 cm³/mol. The van der Waals surface area contributed by atoms with Crippen LogP contribution in [0, 0.1) is 6.92 Å². The number of benzene rings is 3. The molecule has 2 aromatic heterocycles. The Hall–Kier alpha value is -4.36. The molecular formula is C32H27N3O3S. The highest BCUT2D eigenvalue weighted by Crippen LogP contribution is 2.42. The number of methoxy groups -OCH3 is 2. The van der Waals surface area contributed by atoms with E-state index in [-0.39, 0.29) is 11.6 Å². The molecule has 0 bridgehead atoms. The van der Waals surface area contributed by atoms with Gasteiger partial charge in [0.25, 0.3) is 5.56 Å². The van der Waals surface area contributed by atoms with Crippen LogP contribution in [0.5, 0.6) is 11.5 Å². The maximum absolute atomic E-state index is 14.2. The second-order valence-corrected chi connectivity index (χ2v) is 10.9. The van der Waals surface area contributed by atoms with Crippen LogP contribution in [0.2, 0.25) is 0 Å². The van der Waals surface area contributed by atoms with Crippen molar-refractivity contribution >= 4 is 34.0 Å². The van der Waals surface area contributed by atoms with Gasteiger partial charge >= 0.3 is 0 Å². The number of hydrogen-bond acceptors (Lipinski definition) is 5. The summed E-state index contributed by atoms with van der Waals surface area (Å²) >= 11 is 1.45. The van der Waals surface area contributed by atoms with Gasteiger partial charge in [0.2, 0.25) is 0 Å². The van der Waals surface area contributed by atoms with Crippen LogP contribution in [0.3, 0.4) is 0 Å². The molecule has 0 fully saturated rings. The zero-order chi connectivity index (χ0) is 26.7. The summed E-state index contributed by atoms with van der Waals surface area (Å²) in [7, 11) is 3.27. The monoisotopic (exact) mass is 533 g/mol. The molecule has 2 aliphatic rings. The second-order valence-electron chi connectivity index (χ2n) is 9.94. The smallest absolute Gasteiger partial charge is 0.271 e. The van der Waals surface area contributed by atoms with Crippen LogP contribution in [0.25, 0.3) is 22.7 Å². The Balaban J connectivity index is 1.50. The number of H-pyrrole nitrogens is 1. The Morgan fingerprint density at radius 2 is 1.79 bits per heavy atom. The molecular weight excluding hydrogens is 506 g/mol. The van der Waals surface area contributed by atoms with Crippen LogP contribution < -0.4 is 24.4 Å². The van der Waals surface area contributed by atoms with Gasteiger partial charge in [-0.05, 0) is 60.7 Å². The molecule has 0 unspecified atom stereocenters. The van der Waals surface area contributed by atoms with E-state index in [0.29, 0.717) is 20.8 Å². The van der Waals surface area contributed by atoms with Gasteiger partial charge in [-0.25, -0.2) is 4.99 Å². The fraction of sp³-hybridized carbons (Fsp3) is 0.188. The average molecular weight is 534 g/mol. The van der Waals surface area contributed by atoms with Gasteiger partial charge in [-0.3, -0.25) is 9.36 Å². The minimum Gasteiger partial charge on any atom is -0.493 e. The molecule has 5 aromatic rings. The van der Waals surface area contributed by atoms with Crippen LogP contribution in [-0.4, -0.2) is 23.8 Å². The number of nitrogens with one attached hydrogen (secondary N) is 1. The Bertz CT molecular complexity index is 1990. The highest BCUT2D eigenvalue weighted by molar-refractivity contribution is 7.07. The van der Waals surface area contributed by atoms with Crippen LogP contribution >= 0.6 is 11.3 Å². The Morgan fingerprint density at radius 1 is 1.00 bits per heavy atom. The zero-order valence-corrected chi connectivity index (χ0v) is 22.8. The molecule has 0 amide bonds. The SMILES string of the molecule is COc1ccc([C@H]2C3=C(N=c4s/c(=C/c5c(C)[nH]c6ccccc56)c(=O)n42)c2ccccc2CC3)cc1OC. The van der Waals surface area contributed by atoms with Crippen molar-refractivity contribution in [3.05, 3.63) is 120 Å². The lowest BCUT2D eigenvalue weighted by molar-refractivity contribution is 0.354. The van der Waals surface area contributed by atoms with E-state index >= 15 is 0 Å². The molecule has 0 radical (unpaired) electrons. The maximum Gasteiger partial charge on any atom is 0.271 e. The lowest BCUT2D eigenvalue weighted by atomic mass is 9.83. The lowest BCUT2D eigenvalue weighted by Gasteiger charge is -2.31. The summed E-state index contributed by atoms with van der Waals surface area (Å²) in [5, 5.41) is 1.10. The number of aromatic amines is 1. The molecule has 7 rings (SSSR count). The standard InChI is InChI=1S/C32H27N3O3S/c1-18-24(22-10-6-7-11-25(22)33-18)17-28-31(36)35-30(20-13-15-26(37-2)27(16-20)38-3)23-14-12-19-8-4-5-9-21(19)29(23)34-32(35)39-28/h4-11,13,15-17,30,33H,12,14H2,1-3H3/b28-17+/t30-/m0/s1. The van der Waals surface area contributed by atoms with Crippen molar-refractivity contribution < 1.29 is 9.47 Å². The van der Waals surface area contributed by atoms with E-state index in [2.05, 4.69) is 41.4 Å². The first-order valence-corrected chi connectivity index (χ1v) is 13.8. The van der Waals surface area contributed by atoms with Gasteiger partial charge in [0.1, 0.15) is 0 Å². The number of aryl methyl sites for hydroxylation is 2. The number of allylic oxidation sites excluding steroid dienone is 1. The van der Waals surface area contributed by atoms with E-state index in [1.807, 2.05) is 47.9 Å². The molecule has 6 nitrogen and oxygen atoms in total. The summed E-state index contributed by atoms with van der Waals surface area (Å²) in [6.45, 7) is 2.05. The van der Waals surface area contributed by atoms with Crippen LogP contribution in [-0.2, 0) is 6.42 Å². The van der Waals surface area contributed by atoms with Gasteiger partial charge in [0.05, 0.1) is 30.5 Å². The molecule has 0 spiro atoms. The van der Waals surface area contributed by atoms with Gasteiger partial charge in [-0.1, -0.05) is 59.9 Å². The van der Waals surface area contributed by atoms with Crippen LogP contribution in [0.1, 0.15) is 40.4 Å². The van der Waals surface area contributed by atoms with Crippen molar-refractivity contribution in [2.75, 3.05) is 14.2 Å². The molecule has 1 aliphatic heterocycles. The Morgan fingerprint density at radius 3 is 2.64 bits per heavy atom. The van der Waals surface area contributed by atoms with Crippen molar-refractivity contribution in [1.82, 2.24) is 9.55 Å². The molecule has 194 valence electrons. The molecule has 0 saturated heterocycles. The molecule has 1 aliphatic carbocycles. The van der Waals surface area contributed by atoms with Gasteiger partial charge in [0.15, 0.2) is 16.3 Å². The fourth-order valence-electron chi connectivity index (χ4n) is 5.96. The van der Waals surface area contributed by atoms with Gasteiger partial charge in [0, 0.05) is 27.7 Å². The summed E-state index contributed by atoms with van der Waals surface area (Å²) < 4.78 is 13.7. The third-order valence-electron chi connectivity index (χ3n) is 7.82. The summed E-state index contributed by atoms with van der Waals surface area (Å²) in [6, 6.07) is 22.3. The minimum absolute atomic E-state index is 0.0337. The molecule has 1 atom stereocenters. The largest absolute Gasteiger partial charge is 0.493 e. The van der Waals surface area contributed by atoms with Gasteiger partial charge < -0.3 is 14.5 Å². The van der Waals surface area contributed by atoms with E-state index in [0.717, 1.165) is 57.4 Å². The number of nitrogens with zero attached hydrogens (tertiary/aromatic N) is 2. The van der Waals surface area contributed by atoms with E-state index in [9.17, 15) is 4.79 Å². The topological polar surface area (TPSA) is 68.6 Å². The summed E-state index contributed by atoms with van der Waals surface area (Å²) in [6.07, 6.45) is 3.76. The van der Waals surface area contributed by atoms with Crippen LogP contribution in [0.15, 0.2) is 82.1 Å². The van der Waals surface area contributed by atoms with E-state index < -0.39 is 0 Å². The zero-order valence-electron chi connectivity index (χ0n) is 21.9. The van der Waals surface area contributed by atoms with Crippen molar-refractivity contribution in [1.29, 1.82) is 0 Å². The quantitative estimate of drug-likeness (QED) is 0.349. The predicted octanol–water partition coefficient (Wildman–Crippen LogP) is 5.13. The highest BCUT2D eigenvalue weighted by Gasteiger charge is 2.33. The number of thiazole rings is 1. The summed E-state index contributed by atoms with van der Waals surface area (Å²) in [5.74, 6) is 1.30. The number of fused-ring (bicyclic) bond motifs is 4. The molecule has 1 N–H and O–H groups in total. The van der Waals surface area contributed by atoms with E-state index in [4.69, 9.17) is 14.5 Å². The summed E-state index contributed by atoms with van der Waals surface area (Å²) in [4.78, 5) is 23.4. The first-order chi connectivity index (χ1) is 19.1. The number of para-hydroxylation sites is 1. The number of ether oxygens (including phenoxy) is 2. The van der Waals surface area contributed by atoms with E-state index in [1.165, 1.54) is 16.9 Å². The molecule has 3 aromatic carbocycles. The molecule has 7 heteroatoms. The Kier molecular flexibility index (Phi) is 5.56. The van der Waals surface area contributed by atoms with Crippen molar-refractivity contribution in [3.63, 3.8) is 0 Å².